The molecule has 2 heterocycles. The highest BCUT2D eigenvalue weighted by Gasteiger charge is 2.61. The third-order valence-electron chi connectivity index (χ3n) is 5.59. The molecule has 0 unspecified atom stereocenters. The van der Waals surface area contributed by atoms with Crippen molar-refractivity contribution in [2.45, 2.75) is 31.4 Å². The van der Waals surface area contributed by atoms with Gasteiger partial charge in [0.15, 0.2) is 0 Å². The molecule has 2 aliphatic rings. The Bertz CT molecular complexity index is 811. The summed E-state index contributed by atoms with van der Waals surface area (Å²) >= 11 is 0. The lowest BCUT2D eigenvalue weighted by Crippen LogP contribution is -2.54. The molecule has 0 radical (unpaired) electrons. The van der Waals surface area contributed by atoms with Gasteiger partial charge in [0.25, 0.3) is 0 Å². The molecule has 2 aromatic carbocycles. The van der Waals surface area contributed by atoms with E-state index in [1.807, 2.05) is 24.3 Å². The first-order valence-electron chi connectivity index (χ1n) is 8.22. The van der Waals surface area contributed by atoms with E-state index in [4.69, 9.17) is 9.57 Å². The molecule has 4 heteroatoms. The molecular formula is C20H22N2O2. The van der Waals surface area contributed by atoms with Gasteiger partial charge >= 0.3 is 0 Å². The quantitative estimate of drug-likeness (QED) is 0.840. The Balaban J connectivity index is 1.69. The molecule has 24 heavy (non-hydrogen) atoms. The summed E-state index contributed by atoms with van der Waals surface area (Å²) in [4.78, 5) is 8.36. The van der Waals surface area contributed by atoms with E-state index in [2.05, 4.69) is 55.2 Å². The van der Waals surface area contributed by atoms with Crippen molar-refractivity contribution < 1.29 is 9.57 Å². The van der Waals surface area contributed by atoms with Gasteiger partial charge in [-0.05, 0) is 55.3 Å². The molecule has 0 saturated carbocycles. The van der Waals surface area contributed by atoms with E-state index >= 15 is 0 Å². The Morgan fingerprint density at radius 2 is 1.79 bits per heavy atom. The summed E-state index contributed by atoms with van der Waals surface area (Å²) in [5.41, 5.74) is 3.94. The van der Waals surface area contributed by atoms with Gasteiger partial charge in [-0.15, -0.1) is 0 Å². The number of rotatable bonds is 2. The fourth-order valence-corrected chi connectivity index (χ4v) is 3.99. The Morgan fingerprint density at radius 3 is 2.46 bits per heavy atom. The first-order chi connectivity index (χ1) is 11.5. The molecule has 124 valence electrons. The van der Waals surface area contributed by atoms with E-state index < -0.39 is 5.72 Å². The summed E-state index contributed by atoms with van der Waals surface area (Å²) in [7, 11) is 3.77. The van der Waals surface area contributed by atoms with Crippen molar-refractivity contribution in [1.82, 2.24) is 0 Å². The van der Waals surface area contributed by atoms with Gasteiger partial charge in [-0.2, -0.15) is 0 Å². The van der Waals surface area contributed by atoms with Crippen LogP contribution in [0.4, 0.5) is 5.69 Å². The second-order valence-corrected chi connectivity index (χ2v) is 7.02. The maximum Gasteiger partial charge on any atom is 0.224 e. The highest BCUT2D eigenvalue weighted by molar-refractivity contribution is 6.02. The fraction of sp³-hybridized carbons (Fsp3) is 0.350. The summed E-state index contributed by atoms with van der Waals surface area (Å²) in [5.74, 6) is 0.846. The van der Waals surface area contributed by atoms with Gasteiger partial charge in [0.05, 0.1) is 24.7 Å². The number of oxime groups is 1. The molecule has 2 aromatic rings. The van der Waals surface area contributed by atoms with Gasteiger partial charge in [0.1, 0.15) is 5.75 Å². The van der Waals surface area contributed by atoms with E-state index in [9.17, 15) is 0 Å². The number of anilines is 1. The number of fused-ring (bicyclic) bond motifs is 1. The maximum atomic E-state index is 6.12. The van der Waals surface area contributed by atoms with E-state index in [1.54, 1.807) is 7.11 Å². The number of benzene rings is 2. The molecule has 0 aromatic heterocycles. The van der Waals surface area contributed by atoms with Crippen LogP contribution in [-0.4, -0.2) is 25.6 Å². The molecule has 0 amide bonds. The van der Waals surface area contributed by atoms with Crippen molar-refractivity contribution in [3.63, 3.8) is 0 Å². The van der Waals surface area contributed by atoms with Gasteiger partial charge < -0.3 is 14.5 Å². The monoisotopic (exact) mass is 322 g/mol. The fourth-order valence-electron chi connectivity index (χ4n) is 3.99. The molecule has 4 rings (SSSR count). The minimum atomic E-state index is -0.480. The number of likely N-dealkylation sites (N-methyl/N-ethyl adjacent to an activating group) is 1. The summed E-state index contributed by atoms with van der Waals surface area (Å²) < 4.78 is 5.24. The molecule has 1 atom stereocenters. The standard InChI is InChI=1S/C20H22N2O2/c1-19(2)16-7-5-6-8-18(16)22(3)20(19)13-17(21-24-20)14-9-11-15(23-4)12-10-14/h5-12H,13H2,1-4H3/t20-/m0/s1. The zero-order chi connectivity index (χ0) is 16.9. The van der Waals surface area contributed by atoms with Gasteiger partial charge in [-0.1, -0.05) is 23.4 Å². The smallest absolute Gasteiger partial charge is 0.224 e. The highest BCUT2D eigenvalue weighted by atomic mass is 16.7. The Hall–Kier alpha value is -2.49. The van der Waals surface area contributed by atoms with E-state index in [-0.39, 0.29) is 5.41 Å². The summed E-state index contributed by atoms with van der Waals surface area (Å²) in [6.07, 6.45) is 0.748. The first-order valence-corrected chi connectivity index (χ1v) is 8.22. The summed E-state index contributed by atoms with van der Waals surface area (Å²) in [5, 5.41) is 4.46. The molecule has 0 bridgehead atoms. The lowest BCUT2D eigenvalue weighted by Gasteiger charge is -2.40. The number of hydrogen-bond acceptors (Lipinski definition) is 4. The zero-order valence-corrected chi connectivity index (χ0v) is 14.5. The third-order valence-corrected chi connectivity index (χ3v) is 5.59. The van der Waals surface area contributed by atoms with Crippen LogP contribution < -0.4 is 9.64 Å². The summed E-state index contributed by atoms with van der Waals surface area (Å²) in [6.45, 7) is 4.48. The molecule has 0 fully saturated rings. The predicted octanol–water partition coefficient (Wildman–Crippen LogP) is 3.94. The van der Waals surface area contributed by atoms with Crippen LogP contribution in [-0.2, 0) is 10.3 Å². The Kier molecular flexibility index (Phi) is 3.14. The number of methoxy groups -OCH3 is 1. The predicted molar refractivity (Wildman–Crippen MR) is 95.8 cm³/mol. The number of nitrogens with zero attached hydrogens (tertiary/aromatic N) is 2. The maximum absolute atomic E-state index is 6.12. The number of para-hydroxylation sites is 1. The normalized spacial score (nSPS) is 23.8. The van der Waals surface area contributed by atoms with Crippen LogP contribution in [0, 0.1) is 0 Å². The van der Waals surface area contributed by atoms with Gasteiger partial charge in [-0.25, -0.2) is 0 Å². The van der Waals surface area contributed by atoms with Crippen LogP contribution in [0.2, 0.25) is 0 Å². The van der Waals surface area contributed by atoms with Gasteiger partial charge in [-0.3, -0.25) is 0 Å². The molecule has 2 aliphatic heterocycles. The van der Waals surface area contributed by atoms with Crippen molar-refractivity contribution >= 4 is 11.4 Å². The lowest BCUT2D eigenvalue weighted by molar-refractivity contribution is -0.0591. The molecular weight excluding hydrogens is 300 g/mol. The SMILES string of the molecule is COc1ccc(C2=NO[C@]3(C2)N(C)c2ccccc2C3(C)C)cc1. The van der Waals surface area contributed by atoms with Crippen LogP contribution in [0.3, 0.4) is 0 Å². The van der Waals surface area contributed by atoms with Crippen LogP contribution >= 0.6 is 0 Å². The average Bonchev–Trinajstić information content (AvgIpc) is 3.13. The molecule has 0 aliphatic carbocycles. The van der Waals surface area contributed by atoms with Crippen molar-refractivity contribution in [1.29, 1.82) is 0 Å². The van der Waals surface area contributed by atoms with Crippen LogP contribution in [0.1, 0.15) is 31.4 Å². The van der Waals surface area contributed by atoms with Crippen molar-refractivity contribution in [3.05, 3.63) is 59.7 Å². The van der Waals surface area contributed by atoms with Gasteiger partial charge in [0, 0.05) is 12.7 Å². The highest BCUT2D eigenvalue weighted by Crippen LogP contribution is 2.55. The lowest BCUT2D eigenvalue weighted by atomic mass is 9.75. The molecule has 4 nitrogen and oxygen atoms in total. The van der Waals surface area contributed by atoms with Crippen LogP contribution in [0.15, 0.2) is 53.7 Å². The minimum absolute atomic E-state index is 0.157. The Labute approximate surface area is 142 Å². The molecule has 0 N–H and O–H groups in total. The van der Waals surface area contributed by atoms with E-state index in [0.29, 0.717) is 0 Å². The number of hydrogen-bond donors (Lipinski definition) is 0. The molecule has 1 spiro atoms. The van der Waals surface area contributed by atoms with Crippen LogP contribution in [0.5, 0.6) is 5.75 Å². The van der Waals surface area contributed by atoms with Crippen molar-refractivity contribution in [3.8, 4) is 5.75 Å². The van der Waals surface area contributed by atoms with Crippen molar-refractivity contribution in [2.75, 3.05) is 19.1 Å². The Morgan fingerprint density at radius 1 is 1.08 bits per heavy atom. The second-order valence-electron chi connectivity index (χ2n) is 7.02. The minimum Gasteiger partial charge on any atom is -0.497 e. The van der Waals surface area contributed by atoms with Crippen LogP contribution in [0.25, 0.3) is 0 Å². The zero-order valence-electron chi connectivity index (χ0n) is 14.5. The first kappa shape index (κ1) is 15.1. The van der Waals surface area contributed by atoms with Crippen molar-refractivity contribution in [2.24, 2.45) is 5.16 Å². The second kappa shape index (κ2) is 5.00. The largest absolute Gasteiger partial charge is 0.497 e. The summed E-state index contributed by atoms with van der Waals surface area (Å²) in [6, 6.07) is 16.5. The third kappa shape index (κ3) is 1.83. The van der Waals surface area contributed by atoms with Gasteiger partial charge in [0.2, 0.25) is 5.72 Å². The van der Waals surface area contributed by atoms with E-state index in [0.717, 1.165) is 23.4 Å². The topological polar surface area (TPSA) is 34.1 Å². The average molecular weight is 322 g/mol. The number of ether oxygens (including phenoxy) is 1. The molecule has 0 saturated heterocycles. The van der Waals surface area contributed by atoms with E-state index in [1.165, 1.54) is 11.3 Å².